The Morgan fingerprint density at radius 3 is 2.24 bits per heavy atom. The van der Waals surface area contributed by atoms with E-state index in [1.54, 1.807) is 24.4 Å². The Balaban J connectivity index is 0.963. The second-order valence-electron chi connectivity index (χ2n) is 14.7. The number of carbonyl (C=O) groups excluding carboxylic acids is 1. The van der Waals surface area contributed by atoms with E-state index in [1.165, 1.54) is 13.3 Å². The summed E-state index contributed by atoms with van der Waals surface area (Å²) in [5, 5.41) is 21.7. The minimum atomic E-state index is -1.07. The van der Waals surface area contributed by atoms with Crippen LogP contribution in [0.2, 0.25) is 0 Å². The zero-order chi connectivity index (χ0) is 35.7. The van der Waals surface area contributed by atoms with Crippen LogP contribution in [0, 0.1) is 22.7 Å². The highest BCUT2D eigenvalue weighted by atomic mass is 16.5. The fourth-order valence-electron chi connectivity index (χ4n) is 7.68. The van der Waals surface area contributed by atoms with Crippen LogP contribution in [0.5, 0.6) is 11.5 Å². The third-order valence-electron chi connectivity index (χ3n) is 11.6. The van der Waals surface area contributed by atoms with Gasteiger partial charge in [-0.15, -0.1) is 0 Å². The number of ether oxygens (including phenoxy) is 2. The van der Waals surface area contributed by atoms with E-state index < -0.39 is 17.1 Å². The van der Waals surface area contributed by atoms with E-state index in [0.29, 0.717) is 35.0 Å². The van der Waals surface area contributed by atoms with E-state index >= 15 is 0 Å². The number of nitrogens with zero attached hydrogens (tertiary/aromatic N) is 6. The maximum absolute atomic E-state index is 13.5. The third-order valence-corrected chi connectivity index (χ3v) is 11.6. The van der Waals surface area contributed by atoms with Gasteiger partial charge < -0.3 is 29.7 Å². The molecular weight excluding hydrogens is 634 g/mol. The van der Waals surface area contributed by atoms with Gasteiger partial charge in [0.05, 0.1) is 30.6 Å². The summed E-state index contributed by atoms with van der Waals surface area (Å²) in [7, 11) is 1.54. The number of aromatic nitrogens is 2. The zero-order valence-corrected chi connectivity index (χ0v) is 29.6. The molecule has 0 radical (unpaired) electrons. The normalized spacial score (nSPS) is 23.8. The summed E-state index contributed by atoms with van der Waals surface area (Å²) in [4.78, 5) is 39.9. The lowest BCUT2D eigenvalue weighted by Gasteiger charge is -2.65. The molecule has 2 saturated heterocycles. The van der Waals surface area contributed by atoms with E-state index in [-0.39, 0.29) is 17.0 Å². The standard InChI is InChI=1S/C38H47N7O5/c1-36(2)37(3,25-38(36,4)50-30-11-8-28(21-39)32(20-30)49-5)42-34(46)27-6-9-29(10-7-27)44-14-12-26(13-15-44)24-43-16-18-45(19-17-43)33-23-40-31(22-41-33)35(47)48/h6-11,20,22-23,26H,12-19,24-25H2,1-5H3,(H,42,46)(H,47,48). The Labute approximate surface area is 294 Å². The first-order chi connectivity index (χ1) is 23.8. The SMILES string of the molecule is COc1cc(OC2(C)CC(C)(NC(=O)c3ccc(N4CCC(CN5CCN(c6cnc(C(=O)O)cn6)CC5)CC4)cc3)C2(C)C)ccc1C#N. The quantitative estimate of drug-likeness (QED) is 0.303. The van der Waals surface area contributed by atoms with Crippen LogP contribution in [0.25, 0.3) is 0 Å². The number of hydrogen-bond acceptors (Lipinski definition) is 10. The second kappa shape index (κ2) is 13.8. The van der Waals surface area contributed by atoms with E-state index in [0.717, 1.165) is 70.2 Å². The maximum Gasteiger partial charge on any atom is 0.356 e. The van der Waals surface area contributed by atoms with Gasteiger partial charge in [-0.1, -0.05) is 13.8 Å². The van der Waals surface area contributed by atoms with Crippen LogP contribution in [0.4, 0.5) is 11.5 Å². The number of rotatable bonds is 10. The number of anilines is 2. The molecule has 1 saturated carbocycles. The van der Waals surface area contributed by atoms with Crippen molar-refractivity contribution in [3.05, 3.63) is 71.7 Å². The maximum atomic E-state index is 13.5. The number of nitriles is 1. The molecule has 50 heavy (non-hydrogen) atoms. The molecule has 6 rings (SSSR count). The predicted molar refractivity (Wildman–Crippen MR) is 190 cm³/mol. The van der Waals surface area contributed by atoms with Gasteiger partial charge in [-0.2, -0.15) is 5.26 Å². The van der Waals surface area contributed by atoms with E-state index in [4.69, 9.17) is 14.6 Å². The number of carboxylic acid groups (broad SMARTS) is 1. The Morgan fingerprint density at radius 2 is 1.66 bits per heavy atom. The van der Waals surface area contributed by atoms with Crippen LogP contribution in [0.1, 0.15) is 73.4 Å². The van der Waals surface area contributed by atoms with Gasteiger partial charge in [-0.3, -0.25) is 9.69 Å². The number of benzene rings is 2. The van der Waals surface area contributed by atoms with Gasteiger partial charge in [0, 0.05) is 75.0 Å². The largest absolute Gasteiger partial charge is 0.495 e. The molecule has 1 aliphatic carbocycles. The summed E-state index contributed by atoms with van der Waals surface area (Å²) in [5.41, 5.74) is 0.777. The molecule has 3 heterocycles. The molecule has 12 heteroatoms. The number of methoxy groups -OCH3 is 1. The summed E-state index contributed by atoms with van der Waals surface area (Å²) < 4.78 is 11.8. The van der Waals surface area contributed by atoms with Crippen molar-refractivity contribution < 1.29 is 24.2 Å². The molecule has 1 amide bonds. The third kappa shape index (κ3) is 6.79. The highest BCUT2D eigenvalue weighted by Crippen LogP contribution is 2.58. The van der Waals surface area contributed by atoms with Crippen LogP contribution in [0.3, 0.4) is 0 Å². The first kappa shape index (κ1) is 35.0. The van der Waals surface area contributed by atoms with Gasteiger partial charge in [0.1, 0.15) is 29.0 Å². The predicted octanol–water partition coefficient (Wildman–Crippen LogP) is 4.85. The van der Waals surface area contributed by atoms with Crippen LogP contribution < -0.4 is 24.6 Å². The molecule has 3 fully saturated rings. The van der Waals surface area contributed by atoms with E-state index in [1.807, 2.05) is 12.1 Å². The lowest BCUT2D eigenvalue weighted by Crippen LogP contribution is -2.77. The van der Waals surface area contributed by atoms with Crippen molar-refractivity contribution in [3.8, 4) is 17.6 Å². The van der Waals surface area contributed by atoms with Crippen molar-refractivity contribution in [1.82, 2.24) is 20.2 Å². The smallest absolute Gasteiger partial charge is 0.356 e. The Hall–Kier alpha value is -4.89. The Bertz CT molecular complexity index is 1740. The molecule has 2 atom stereocenters. The van der Waals surface area contributed by atoms with E-state index in [2.05, 4.69) is 75.9 Å². The first-order valence-corrected chi connectivity index (χ1v) is 17.3. The molecule has 264 valence electrons. The van der Waals surface area contributed by atoms with Crippen molar-refractivity contribution >= 4 is 23.4 Å². The number of amides is 1. The highest BCUT2D eigenvalue weighted by Gasteiger charge is 2.67. The van der Waals surface area contributed by atoms with Crippen molar-refractivity contribution in [2.45, 2.75) is 58.1 Å². The van der Waals surface area contributed by atoms with Gasteiger partial charge in [-0.05, 0) is 69.0 Å². The van der Waals surface area contributed by atoms with Crippen molar-refractivity contribution in [2.75, 3.05) is 62.7 Å². The topological polar surface area (TPSA) is 144 Å². The monoisotopic (exact) mass is 681 g/mol. The number of aromatic carboxylic acids is 1. The van der Waals surface area contributed by atoms with Crippen LogP contribution in [-0.4, -0.2) is 95.9 Å². The molecule has 2 unspecified atom stereocenters. The average Bonchev–Trinajstić information content (AvgIpc) is 3.12. The van der Waals surface area contributed by atoms with Crippen molar-refractivity contribution in [1.29, 1.82) is 5.26 Å². The molecule has 2 aromatic carbocycles. The molecule has 0 bridgehead atoms. The molecule has 2 N–H and O–H groups in total. The molecule has 3 aromatic rings. The van der Waals surface area contributed by atoms with Gasteiger partial charge >= 0.3 is 5.97 Å². The fraction of sp³-hybridized carbons (Fsp3) is 0.500. The summed E-state index contributed by atoms with van der Waals surface area (Å²) in [6.07, 6.45) is 5.73. The zero-order valence-electron chi connectivity index (χ0n) is 29.6. The molecule has 3 aliphatic rings. The van der Waals surface area contributed by atoms with Gasteiger partial charge in [0.15, 0.2) is 5.69 Å². The van der Waals surface area contributed by atoms with Crippen LogP contribution in [0.15, 0.2) is 54.9 Å². The number of piperazine rings is 1. The highest BCUT2D eigenvalue weighted by molar-refractivity contribution is 5.95. The number of hydrogen-bond donors (Lipinski definition) is 2. The summed E-state index contributed by atoms with van der Waals surface area (Å²) in [5.74, 6) is 1.30. The van der Waals surface area contributed by atoms with Crippen molar-refractivity contribution in [3.63, 3.8) is 0 Å². The average molecular weight is 682 g/mol. The molecular formula is C38H47N7O5. The minimum absolute atomic E-state index is 0.0396. The van der Waals surface area contributed by atoms with Gasteiger partial charge in [-0.25, -0.2) is 14.8 Å². The Kier molecular flexibility index (Phi) is 9.64. The molecule has 2 aliphatic heterocycles. The molecule has 1 aromatic heterocycles. The minimum Gasteiger partial charge on any atom is -0.495 e. The number of carbonyl (C=O) groups is 2. The number of nitrogens with one attached hydrogen (secondary N) is 1. The van der Waals surface area contributed by atoms with Crippen molar-refractivity contribution in [2.24, 2.45) is 11.3 Å². The Morgan fingerprint density at radius 1 is 0.960 bits per heavy atom. The molecule has 12 nitrogen and oxygen atoms in total. The lowest BCUT2D eigenvalue weighted by molar-refractivity contribution is -0.180. The lowest BCUT2D eigenvalue weighted by atomic mass is 9.48. The van der Waals surface area contributed by atoms with Gasteiger partial charge in [0.25, 0.3) is 5.91 Å². The van der Waals surface area contributed by atoms with Gasteiger partial charge in [0.2, 0.25) is 0 Å². The van der Waals surface area contributed by atoms with Crippen LogP contribution >= 0.6 is 0 Å². The first-order valence-electron chi connectivity index (χ1n) is 17.3. The second-order valence-corrected chi connectivity index (χ2v) is 14.7. The fourth-order valence-corrected chi connectivity index (χ4v) is 7.68. The van der Waals surface area contributed by atoms with E-state index in [9.17, 15) is 14.9 Å². The number of carboxylic acids is 1. The summed E-state index contributed by atoms with van der Waals surface area (Å²) in [6.45, 7) is 15.0. The summed E-state index contributed by atoms with van der Waals surface area (Å²) >= 11 is 0. The van der Waals surface area contributed by atoms with Crippen LogP contribution in [-0.2, 0) is 0 Å². The molecule has 0 spiro atoms. The number of piperidine rings is 1. The summed E-state index contributed by atoms with van der Waals surface area (Å²) in [6, 6.07) is 15.3.